The number of allylic oxidation sites excluding steroid dienone is 16. The van der Waals surface area contributed by atoms with Crippen molar-refractivity contribution in [1.82, 2.24) is 0 Å². The molecule has 0 bridgehead atoms. The number of nitrogens with zero attached hydrogens (tertiary/aromatic N) is 1. The number of hydrogen-bond donors (Lipinski definition) is 0. The lowest BCUT2D eigenvalue weighted by molar-refractivity contribution is -0.870. The molecule has 0 aliphatic heterocycles. The molecule has 84 heavy (non-hydrogen) atoms. The maximum absolute atomic E-state index is 12.9. The van der Waals surface area contributed by atoms with Gasteiger partial charge in [0.05, 0.1) is 27.7 Å². The van der Waals surface area contributed by atoms with Crippen LogP contribution in [0.5, 0.6) is 0 Å². The van der Waals surface area contributed by atoms with Gasteiger partial charge in [-0.15, -0.1) is 0 Å². The van der Waals surface area contributed by atoms with Crippen molar-refractivity contribution in [2.45, 2.75) is 315 Å². The lowest BCUT2D eigenvalue weighted by Gasteiger charge is -2.28. The monoisotopic (exact) mass is 1190 g/mol. The zero-order chi connectivity index (χ0) is 61.2. The van der Waals surface area contributed by atoms with Crippen molar-refractivity contribution >= 4 is 19.8 Å². The smallest absolute Gasteiger partial charge is 0.306 e. The number of phosphoric acid groups is 1. The predicted octanol–water partition coefficient (Wildman–Crippen LogP) is 22.1. The number of hydrogen-bond acceptors (Lipinski definition) is 8. The minimum absolute atomic E-state index is 0.0332. The molecule has 10 heteroatoms. The van der Waals surface area contributed by atoms with E-state index < -0.39 is 26.5 Å². The Kier molecular flexibility index (Phi) is 62.1. The highest BCUT2D eigenvalue weighted by Crippen LogP contribution is 2.38. The first-order valence-electron chi connectivity index (χ1n) is 34.9. The number of phosphoric ester groups is 1. The summed E-state index contributed by atoms with van der Waals surface area (Å²) in [6.45, 7) is 4.14. The summed E-state index contributed by atoms with van der Waals surface area (Å²) >= 11 is 0. The molecule has 2 atom stereocenters. The van der Waals surface area contributed by atoms with Gasteiger partial charge in [0, 0.05) is 12.8 Å². The average Bonchev–Trinajstić information content (AvgIpc) is 3.61. The van der Waals surface area contributed by atoms with Crippen molar-refractivity contribution in [1.29, 1.82) is 0 Å². The van der Waals surface area contributed by atoms with Crippen molar-refractivity contribution in [3.63, 3.8) is 0 Å². The molecule has 0 aliphatic carbocycles. The summed E-state index contributed by atoms with van der Waals surface area (Å²) in [5.74, 6) is -0.827. The third-order valence-corrected chi connectivity index (χ3v) is 16.1. The first kappa shape index (κ1) is 80.9. The van der Waals surface area contributed by atoms with Gasteiger partial charge >= 0.3 is 11.9 Å². The summed E-state index contributed by atoms with van der Waals surface area (Å²) in [5, 5.41) is 0. The van der Waals surface area contributed by atoms with Crippen LogP contribution in [0, 0.1) is 0 Å². The van der Waals surface area contributed by atoms with Gasteiger partial charge in [0.25, 0.3) is 7.82 Å². The van der Waals surface area contributed by atoms with Gasteiger partial charge in [-0.2, -0.15) is 0 Å². The largest absolute Gasteiger partial charge is 0.756 e. The Morgan fingerprint density at radius 3 is 1.01 bits per heavy atom. The topological polar surface area (TPSA) is 111 Å². The SMILES string of the molecule is CC/C=C\C/C=C\C/C=C\C/C=C\C/C=C\CCCCCCCCCCCCCCCCCC(=O)OC(COC(=O)CCCCCCCCCCCCCCCC/C=C\C/C=C\C/C=C\CCCCCCC)COP(=O)([O-])OCC[N+](C)(C)C. The molecule has 0 saturated carbocycles. The molecule has 2 unspecified atom stereocenters. The quantitative estimate of drug-likeness (QED) is 0.0195. The Labute approximate surface area is 519 Å². The summed E-state index contributed by atoms with van der Waals surface area (Å²) < 4.78 is 34.3. The number of carbonyl (C=O) groups excluding carboxylic acids is 2. The van der Waals surface area contributed by atoms with Crippen LogP contribution in [0.25, 0.3) is 0 Å². The fourth-order valence-electron chi connectivity index (χ4n) is 9.75. The normalized spacial score (nSPS) is 13.7. The van der Waals surface area contributed by atoms with Gasteiger partial charge in [-0.1, -0.05) is 297 Å². The van der Waals surface area contributed by atoms with Crippen molar-refractivity contribution < 1.29 is 42.1 Å². The van der Waals surface area contributed by atoms with Crippen LogP contribution in [0.15, 0.2) is 97.2 Å². The summed E-state index contributed by atoms with van der Waals surface area (Å²) in [6.07, 6.45) is 89.1. The number of carbonyl (C=O) groups is 2. The van der Waals surface area contributed by atoms with Gasteiger partial charge in [-0.25, -0.2) is 0 Å². The molecule has 0 amide bonds. The number of likely N-dealkylation sites (N-methyl/N-ethyl adjacent to an activating group) is 1. The molecule has 0 spiro atoms. The fraction of sp³-hybridized carbons (Fsp3) is 0.757. The minimum atomic E-state index is -4.65. The van der Waals surface area contributed by atoms with Crippen LogP contribution >= 0.6 is 7.82 Å². The summed E-state index contributed by atoms with van der Waals surface area (Å²) in [4.78, 5) is 38.1. The van der Waals surface area contributed by atoms with Crippen molar-refractivity contribution in [3.8, 4) is 0 Å². The number of esters is 2. The van der Waals surface area contributed by atoms with Crippen LogP contribution in [-0.2, 0) is 32.7 Å². The number of unbranched alkanes of at least 4 members (excludes halogenated alkanes) is 34. The molecule has 0 aliphatic rings. The Morgan fingerprint density at radius 1 is 0.381 bits per heavy atom. The van der Waals surface area contributed by atoms with E-state index in [2.05, 4.69) is 111 Å². The Hall–Kier alpha value is -3.07. The van der Waals surface area contributed by atoms with Crippen LogP contribution in [0.1, 0.15) is 309 Å². The van der Waals surface area contributed by atoms with Crippen LogP contribution in [0.3, 0.4) is 0 Å². The van der Waals surface area contributed by atoms with E-state index in [0.717, 1.165) is 83.5 Å². The zero-order valence-electron chi connectivity index (χ0n) is 55.3. The second kappa shape index (κ2) is 64.4. The van der Waals surface area contributed by atoms with Crippen molar-refractivity contribution in [2.75, 3.05) is 47.5 Å². The molecule has 0 N–H and O–H groups in total. The molecule has 486 valence electrons. The van der Waals surface area contributed by atoms with Gasteiger partial charge in [0.2, 0.25) is 0 Å². The Balaban J connectivity index is 4.05. The molecule has 0 aromatic heterocycles. The molecule has 0 heterocycles. The first-order chi connectivity index (χ1) is 41.0. The second-order valence-electron chi connectivity index (χ2n) is 24.5. The minimum Gasteiger partial charge on any atom is -0.756 e. The molecule has 9 nitrogen and oxygen atoms in total. The molecular formula is C74H132NO8P. The number of ether oxygens (including phenoxy) is 2. The lowest BCUT2D eigenvalue weighted by Crippen LogP contribution is -2.37. The van der Waals surface area contributed by atoms with Crippen LogP contribution in [-0.4, -0.2) is 70.0 Å². The second-order valence-corrected chi connectivity index (χ2v) is 25.9. The van der Waals surface area contributed by atoms with Gasteiger partial charge < -0.3 is 27.9 Å². The van der Waals surface area contributed by atoms with Gasteiger partial charge in [-0.05, 0) is 96.3 Å². The molecule has 0 aromatic carbocycles. The highest BCUT2D eigenvalue weighted by atomic mass is 31.2. The maximum atomic E-state index is 12.9. The third kappa shape index (κ3) is 68.0. The first-order valence-corrected chi connectivity index (χ1v) is 36.4. The molecule has 0 saturated heterocycles. The van der Waals surface area contributed by atoms with Gasteiger partial charge in [-0.3, -0.25) is 14.2 Å². The number of rotatable bonds is 64. The zero-order valence-corrected chi connectivity index (χ0v) is 56.2. The summed E-state index contributed by atoms with van der Waals surface area (Å²) in [6, 6.07) is 0. The van der Waals surface area contributed by atoms with Crippen LogP contribution in [0.4, 0.5) is 0 Å². The lowest BCUT2D eigenvalue weighted by atomic mass is 10.0. The standard InChI is InChI=1S/C74H132NO8P/c1-6-8-10-12-14-16-18-20-22-24-26-28-30-32-34-36-37-39-41-43-45-47-49-51-53-55-57-59-61-63-65-67-74(77)83-72(71-82-84(78,79)81-69-68-75(3,4)5)70-80-73(76)66-64-62-60-58-56-54-52-50-48-46-44-42-40-38-35-33-31-29-27-25-23-21-19-17-15-13-11-9-7-2/h8,10,14,16,19-22,25-28,31-34,72H,6-7,9,11-13,15,17-18,23-24,29-30,35-71H2,1-5H3/b10-8-,16-14-,21-19-,22-20-,27-25-,28-26-,33-31-,34-32-. The molecule has 0 radical (unpaired) electrons. The van der Waals surface area contributed by atoms with E-state index in [1.165, 1.54) is 193 Å². The fourth-order valence-corrected chi connectivity index (χ4v) is 10.5. The van der Waals surface area contributed by atoms with Gasteiger partial charge in [0.1, 0.15) is 19.8 Å². The number of quaternary nitrogens is 1. The molecule has 0 aromatic rings. The van der Waals surface area contributed by atoms with E-state index in [4.69, 9.17) is 18.5 Å². The highest BCUT2D eigenvalue weighted by molar-refractivity contribution is 7.45. The van der Waals surface area contributed by atoms with E-state index in [1.807, 2.05) is 21.1 Å². The summed E-state index contributed by atoms with van der Waals surface area (Å²) in [7, 11) is 1.17. The maximum Gasteiger partial charge on any atom is 0.306 e. The van der Waals surface area contributed by atoms with E-state index in [0.29, 0.717) is 17.4 Å². The summed E-state index contributed by atoms with van der Waals surface area (Å²) in [5.41, 5.74) is 0. The van der Waals surface area contributed by atoms with E-state index in [-0.39, 0.29) is 32.0 Å². The average molecular weight is 1190 g/mol. The third-order valence-electron chi connectivity index (χ3n) is 15.1. The van der Waals surface area contributed by atoms with Crippen LogP contribution in [0.2, 0.25) is 0 Å². The molecular weight excluding hydrogens is 1060 g/mol. The van der Waals surface area contributed by atoms with Crippen molar-refractivity contribution in [3.05, 3.63) is 97.2 Å². The van der Waals surface area contributed by atoms with Crippen LogP contribution < -0.4 is 4.89 Å². The van der Waals surface area contributed by atoms with Crippen molar-refractivity contribution in [2.24, 2.45) is 0 Å². The van der Waals surface area contributed by atoms with E-state index >= 15 is 0 Å². The predicted molar refractivity (Wildman–Crippen MR) is 360 cm³/mol. The molecule has 0 rings (SSSR count). The Morgan fingerprint density at radius 2 is 0.679 bits per heavy atom. The highest BCUT2D eigenvalue weighted by Gasteiger charge is 2.22. The van der Waals surface area contributed by atoms with E-state index in [1.54, 1.807) is 0 Å². The van der Waals surface area contributed by atoms with E-state index in [9.17, 15) is 19.0 Å². The molecule has 0 fully saturated rings. The van der Waals surface area contributed by atoms with Gasteiger partial charge in [0.15, 0.2) is 6.10 Å². The Bertz CT molecular complexity index is 1740.